The van der Waals surface area contributed by atoms with E-state index in [1.807, 2.05) is 0 Å². The summed E-state index contributed by atoms with van der Waals surface area (Å²) in [6.07, 6.45) is 0.951. The molecule has 0 saturated heterocycles. The third kappa shape index (κ3) is 4.45. The summed E-state index contributed by atoms with van der Waals surface area (Å²) in [5, 5.41) is 0. The molecule has 1 rings (SSSR count). The van der Waals surface area contributed by atoms with Gasteiger partial charge in [0.25, 0.3) is 0 Å². The number of hydrogen-bond donors (Lipinski definition) is 2. The van der Waals surface area contributed by atoms with Gasteiger partial charge in [0.2, 0.25) is 0 Å². The van der Waals surface area contributed by atoms with Gasteiger partial charge in [-0.25, -0.2) is 0 Å². The Hall–Kier alpha value is -1.06. The van der Waals surface area contributed by atoms with E-state index in [-0.39, 0.29) is 5.41 Å². The summed E-state index contributed by atoms with van der Waals surface area (Å²) < 4.78 is 5.74. The fourth-order valence-electron chi connectivity index (χ4n) is 2.87. The summed E-state index contributed by atoms with van der Waals surface area (Å²) in [6.45, 7) is 12.3. The topological polar surface area (TPSA) is 61.3 Å². The second-order valence-corrected chi connectivity index (χ2v) is 7.17. The summed E-state index contributed by atoms with van der Waals surface area (Å²) in [5.74, 6) is 1.82. The largest absolute Gasteiger partial charge is 0.496 e. The van der Waals surface area contributed by atoms with Gasteiger partial charge in [-0.15, -0.1) is 0 Å². The predicted octanol–water partition coefficient (Wildman–Crippen LogP) is 3.01. The lowest BCUT2D eigenvalue weighted by Crippen LogP contribution is -2.30. The highest BCUT2D eigenvalue weighted by Crippen LogP contribution is 2.36. The minimum absolute atomic E-state index is 0.0660. The van der Waals surface area contributed by atoms with Crippen molar-refractivity contribution in [2.75, 3.05) is 20.2 Å². The highest BCUT2D eigenvalue weighted by molar-refractivity contribution is 5.48. The number of methoxy groups -OCH3 is 1. The van der Waals surface area contributed by atoms with Crippen LogP contribution in [0.1, 0.15) is 44.4 Å². The molecule has 0 aliphatic heterocycles. The van der Waals surface area contributed by atoms with Crippen LogP contribution in [-0.4, -0.2) is 20.2 Å². The average Bonchev–Trinajstić information content (AvgIpc) is 2.38. The van der Waals surface area contributed by atoms with E-state index in [9.17, 15) is 0 Å². The molecule has 0 heterocycles. The van der Waals surface area contributed by atoms with Crippen molar-refractivity contribution in [3.63, 3.8) is 0 Å². The molecule has 0 radical (unpaired) electrons. The maximum Gasteiger partial charge on any atom is 0.125 e. The van der Waals surface area contributed by atoms with Crippen LogP contribution in [0.4, 0.5) is 0 Å². The SMILES string of the molecule is COc1c(CC(C)C(CN)CN)cc(C)cc1C(C)(C)C. The Kier molecular flexibility index (Phi) is 6.24. The quantitative estimate of drug-likeness (QED) is 0.847. The first kappa shape index (κ1) is 18.0. The highest BCUT2D eigenvalue weighted by Gasteiger charge is 2.23. The van der Waals surface area contributed by atoms with Crippen molar-refractivity contribution in [2.45, 2.75) is 46.5 Å². The molecule has 1 aromatic carbocycles. The highest BCUT2D eigenvalue weighted by atomic mass is 16.5. The summed E-state index contributed by atoms with van der Waals surface area (Å²) in [6, 6.07) is 4.46. The standard InChI is InChI=1S/C18H32N2O/c1-12-7-14(9-13(2)15(10-19)11-20)17(21-6)16(8-12)18(3,4)5/h7-8,13,15H,9-11,19-20H2,1-6H3. The third-order valence-electron chi connectivity index (χ3n) is 4.27. The predicted molar refractivity (Wildman–Crippen MR) is 90.9 cm³/mol. The zero-order valence-electron chi connectivity index (χ0n) is 14.5. The average molecular weight is 292 g/mol. The van der Waals surface area contributed by atoms with Crippen LogP contribution in [0.15, 0.2) is 12.1 Å². The van der Waals surface area contributed by atoms with Gasteiger partial charge in [-0.2, -0.15) is 0 Å². The molecule has 0 amide bonds. The van der Waals surface area contributed by atoms with Gasteiger partial charge in [0.15, 0.2) is 0 Å². The Morgan fingerprint density at radius 3 is 2.14 bits per heavy atom. The zero-order valence-corrected chi connectivity index (χ0v) is 14.5. The molecule has 3 nitrogen and oxygen atoms in total. The van der Waals surface area contributed by atoms with Crippen molar-refractivity contribution in [3.8, 4) is 5.75 Å². The molecule has 1 aromatic rings. The van der Waals surface area contributed by atoms with Crippen molar-refractivity contribution in [3.05, 3.63) is 28.8 Å². The van der Waals surface area contributed by atoms with E-state index >= 15 is 0 Å². The number of aryl methyl sites for hydroxylation is 1. The van der Waals surface area contributed by atoms with Crippen molar-refractivity contribution in [2.24, 2.45) is 23.3 Å². The molecule has 3 heteroatoms. The number of benzene rings is 1. The molecule has 0 fully saturated rings. The second-order valence-electron chi connectivity index (χ2n) is 7.17. The molecule has 0 aliphatic rings. The van der Waals surface area contributed by atoms with Crippen LogP contribution in [0.5, 0.6) is 5.75 Å². The van der Waals surface area contributed by atoms with E-state index < -0.39 is 0 Å². The molecule has 120 valence electrons. The third-order valence-corrected chi connectivity index (χ3v) is 4.27. The number of nitrogens with two attached hydrogens (primary N) is 2. The molecule has 0 aromatic heterocycles. The molecule has 21 heavy (non-hydrogen) atoms. The van der Waals surface area contributed by atoms with Crippen LogP contribution >= 0.6 is 0 Å². The number of rotatable bonds is 6. The molecule has 4 N–H and O–H groups in total. The summed E-state index contributed by atoms with van der Waals surface area (Å²) in [5.41, 5.74) is 15.5. The van der Waals surface area contributed by atoms with Gasteiger partial charge in [0.1, 0.15) is 5.75 Å². The van der Waals surface area contributed by atoms with Gasteiger partial charge in [0.05, 0.1) is 7.11 Å². The monoisotopic (exact) mass is 292 g/mol. The minimum Gasteiger partial charge on any atom is -0.496 e. The van der Waals surface area contributed by atoms with Crippen LogP contribution in [0, 0.1) is 18.8 Å². The lowest BCUT2D eigenvalue weighted by molar-refractivity contribution is 0.356. The van der Waals surface area contributed by atoms with Gasteiger partial charge >= 0.3 is 0 Å². The Balaban J connectivity index is 3.21. The van der Waals surface area contributed by atoms with Crippen molar-refractivity contribution in [1.29, 1.82) is 0 Å². The Morgan fingerprint density at radius 1 is 1.14 bits per heavy atom. The molecular weight excluding hydrogens is 260 g/mol. The van der Waals surface area contributed by atoms with E-state index in [4.69, 9.17) is 16.2 Å². The first-order valence-electron chi connectivity index (χ1n) is 7.82. The van der Waals surface area contributed by atoms with Crippen LogP contribution in [0.25, 0.3) is 0 Å². The Labute approximate surface area is 130 Å². The lowest BCUT2D eigenvalue weighted by Gasteiger charge is -2.27. The summed E-state index contributed by atoms with van der Waals surface area (Å²) >= 11 is 0. The molecule has 0 spiro atoms. The van der Waals surface area contributed by atoms with Crippen LogP contribution in [0.3, 0.4) is 0 Å². The van der Waals surface area contributed by atoms with Gasteiger partial charge in [-0.05, 0) is 49.2 Å². The van der Waals surface area contributed by atoms with E-state index in [0.29, 0.717) is 24.9 Å². The second kappa shape index (κ2) is 7.28. The zero-order chi connectivity index (χ0) is 16.2. The maximum atomic E-state index is 5.83. The molecule has 0 saturated carbocycles. The van der Waals surface area contributed by atoms with E-state index in [1.54, 1.807) is 7.11 Å². The van der Waals surface area contributed by atoms with Gasteiger partial charge in [0, 0.05) is 5.56 Å². The number of ether oxygens (including phenoxy) is 1. The molecular formula is C18H32N2O. The van der Waals surface area contributed by atoms with Crippen LogP contribution in [-0.2, 0) is 11.8 Å². The normalized spacial score (nSPS) is 13.6. The van der Waals surface area contributed by atoms with E-state index in [1.165, 1.54) is 16.7 Å². The maximum absolute atomic E-state index is 5.83. The lowest BCUT2D eigenvalue weighted by atomic mass is 9.81. The van der Waals surface area contributed by atoms with Gasteiger partial charge in [-0.3, -0.25) is 0 Å². The van der Waals surface area contributed by atoms with Gasteiger partial charge in [-0.1, -0.05) is 45.4 Å². The molecule has 0 bridgehead atoms. The van der Waals surface area contributed by atoms with E-state index in [2.05, 4.69) is 46.8 Å². The molecule has 1 atom stereocenters. The van der Waals surface area contributed by atoms with Crippen LogP contribution < -0.4 is 16.2 Å². The first-order valence-corrected chi connectivity index (χ1v) is 7.82. The Bertz CT molecular complexity index is 459. The van der Waals surface area contributed by atoms with Crippen LogP contribution in [0.2, 0.25) is 0 Å². The molecule has 1 unspecified atom stereocenters. The first-order chi connectivity index (χ1) is 9.74. The summed E-state index contributed by atoms with van der Waals surface area (Å²) in [4.78, 5) is 0. The minimum atomic E-state index is 0.0660. The number of hydrogen-bond acceptors (Lipinski definition) is 3. The fraction of sp³-hybridized carbons (Fsp3) is 0.667. The Morgan fingerprint density at radius 2 is 1.71 bits per heavy atom. The smallest absolute Gasteiger partial charge is 0.125 e. The van der Waals surface area contributed by atoms with E-state index in [0.717, 1.165) is 12.2 Å². The molecule has 0 aliphatic carbocycles. The van der Waals surface area contributed by atoms with Crippen molar-refractivity contribution in [1.82, 2.24) is 0 Å². The fourth-order valence-corrected chi connectivity index (χ4v) is 2.87. The van der Waals surface area contributed by atoms with Crippen molar-refractivity contribution < 1.29 is 4.74 Å². The summed E-state index contributed by atoms with van der Waals surface area (Å²) in [7, 11) is 1.76. The van der Waals surface area contributed by atoms with Gasteiger partial charge < -0.3 is 16.2 Å². The van der Waals surface area contributed by atoms with Crippen molar-refractivity contribution >= 4 is 0 Å².